The number of aryl methyl sites for hydroxylation is 1. The molecule has 0 spiro atoms. The van der Waals surface area contributed by atoms with Gasteiger partial charge < -0.3 is 11.1 Å². The molecule has 6 nitrogen and oxygen atoms in total. The molecule has 1 aromatic heterocycles. The van der Waals surface area contributed by atoms with Crippen molar-refractivity contribution in [1.29, 1.82) is 0 Å². The fourth-order valence-electron chi connectivity index (χ4n) is 3.15. The predicted molar refractivity (Wildman–Crippen MR) is 112 cm³/mol. The van der Waals surface area contributed by atoms with Crippen LogP contribution in [0.4, 0.5) is 5.69 Å². The summed E-state index contributed by atoms with van der Waals surface area (Å²) >= 11 is 0. The summed E-state index contributed by atoms with van der Waals surface area (Å²) in [4.78, 5) is 25.5. The van der Waals surface area contributed by atoms with E-state index in [4.69, 9.17) is 5.73 Å². The van der Waals surface area contributed by atoms with Gasteiger partial charge in [0.2, 0.25) is 0 Å². The number of nitrogens with two attached hydrogens (primary N) is 1. The van der Waals surface area contributed by atoms with Gasteiger partial charge in [-0.3, -0.25) is 9.59 Å². The van der Waals surface area contributed by atoms with E-state index >= 15 is 0 Å². The molecule has 2 aromatic carbocycles. The lowest BCUT2D eigenvalue weighted by Gasteiger charge is -2.11. The Labute approximate surface area is 164 Å². The Bertz CT molecular complexity index is 1010. The molecule has 0 saturated carbocycles. The number of anilines is 1. The van der Waals surface area contributed by atoms with E-state index in [-0.39, 0.29) is 11.5 Å². The number of rotatable bonds is 8. The van der Waals surface area contributed by atoms with Crippen LogP contribution in [-0.2, 0) is 13.0 Å². The van der Waals surface area contributed by atoms with Crippen molar-refractivity contribution in [2.75, 3.05) is 12.3 Å². The molecule has 0 aliphatic heterocycles. The van der Waals surface area contributed by atoms with Gasteiger partial charge >= 0.3 is 0 Å². The smallest absolute Gasteiger partial charge is 0.274 e. The summed E-state index contributed by atoms with van der Waals surface area (Å²) in [6, 6.07) is 14.7. The highest BCUT2D eigenvalue weighted by Gasteiger charge is 2.16. The van der Waals surface area contributed by atoms with Gasteiger partial charge in [0.25, 0.3) is 11.5 Å². The minimum Gasteiger partial charge on any atom is -0.399 e. The number of fused-ring (bicyclic) bond motifs is 1. The standard InChI is InChI=1S/C22H26N4O2/c1-2-3-6-15-26-22(28)19-8-5-4-7-18(19)20(25-26)21(27)24-14-13-16-9-11-17(23)12-10-16/h4-5,7-12H,2-3,6,13-15,23H2,1H3,(H,24,27). The van der Waals surface area contributed by atoms with Gasteiger partial charge in [0.1, 0.15) is 0 Å². The van der Waals surface area contributed by atoms with Crippen molar-refractivity contribution in [2.24, 2.45) is 0 Å². The second-order valence-electron chi connectivity index (χ2n) is 6.88. The topological polar surface area (TPSA) is 90.0 Å². The monoisotopic (exact) mass is 378 g/mol. The van der Waals surface area contributed by atoms with E-state index in [2.05, 4.69) is 17.3 Å². The molecule has 1 amide bonds. The van der Waals surface area contributed by atoms with Crippen LogP contribution >= 0.6 is 0 Å². The highest BCUT2D eigenvalue weighted by atomic mass is 16.2. The Morgan fingerprint density at radius 3 is 2.50 bits per heavy atom. The molecule has 0 unspecified atom stereocenters. The van der Waals surface area contributed by atoms with Gasteiger partial charge in [0.05, 0.1) is 5.39 Å². The summed E-state index contributed by atoms with van der Waals surface area (Å²) in [5.74, 6) is -0.268. The lowest BCUT2D eigenvalue weighted by Crippen LogP contribution is -2.31. The van der Waals surface area contributed by atoms with E-state index in [0.29, 0.717) is 41.7 Å². The first-order valence-corrected chi connectivity index (χ1v) is 9.72. The largest absolute Gasteiger partial charge is 0.399 e. The Morgan fingerprint density at radius 1 is 1.07 bits per heavy atom. The number of benzene rings is 2. The zero-order valence-corrected chi connectivity index (χ0v) is 16.1. The number of nitrogen functional groups attached to an aromatic ring is 1. The van der Waals surface area contributed by atoms with Gasteiger partial charge in [-0.15, -0.1) is 0 Å². The molecule has 0 aliphatic carbocycles. The first kappa shape index (κ1) is 19.6. The molecule has 146 valence electrons. The summed E-state index contributed by atoms with van der Waals surface area (Å²) in [6.45, 7) is 3.10. The van der Waals surface area contributed by atoms with Crippen molar-refractivity contribution in [3.05, 3.63) is 70.1 Å². The van der Waals surface area contributed by atoms with E-state index in [0.717, 1.165) is 24.8 Å². The van der Waals surface area contributed by atoms with Crippen LogP contribution in [0.1, 0.15) is 42.2 Å². The zero-order valence-electron chi connectivity index (χ0n) is 16.1. The predicted octanol–water partition coefficient (Wildman–Crippen LogP) is 3.14. The summed E-state index contributed by atoms with van der Waals surface area (Å²) in [5.41, 5.74) is 7.65. The number of carbonyl (C=O) groups excluding carboxylic acids is 1. The second-order valence-corrected chi connectivity index (χ2v) is 6.88. The molecule has 28 heavy (non-hydrogen) atoms. The van der Waals surface area contributed by atoms with Crippen LogP contribution in [0, 0.1) is 0 Å². The molecule has 6 heteroatoms. The molecule has 0 atom stereocenters. The average molecular weight is 378 g/mol. The maximum atomic E-state index is 12.8. The highest BCUT2D eigenvalue weighted by molar-refractivity contribution is 6.04. The second kappa shape index (κ2) is 9.17. The van der Waals surface area contributed by atoms with Gasteiger partial charge in [0.15, 0.2) is 5.69 Å². The third-order valence-corrected chi connectivity index (χ3v) is 4.74. The SMILES string of the molecule is CCCCCn1nc(C(=O)NCCc2ccc(N)cc2)c2ccccc2c1=O. The third-order valence-electron chi connectivity index (χ3n) is 4.74. The first-order chi connectivity index (χ1) is 13.6. The number of nitrogens with zero attached hydrogens (tertiary/aromatic N) is 2. The summed E-state index contributed by atoms with van der Waals surface area (Å²) in [5, 5.41) is 8.42. The fraction of sp³-hybridized carbons (Fsp3) is 0.318. The molecule has 1 heterocycles. The Morgan fingerprint density at radius 2 is 1.79 bits per heavy atom. The van der Waals surface area contributed by atoms with Gasteiger partial charge in [-0.05, 0) is 36.6 Å². The molecule has 0 aliphatic rings. The van der Waals surface area contributed by atoms with Crippen molar-refractivity contribution < 1.29 is 4.79 Å². The Hall–Kier alpha value is -3.15. The molecule has 0 bridgehead atoms. The summed E-state index contributed by atoms with van der Waals surface area (Å²) in [6.07, 6.45) is 3.63. The van der Waals surface area contributed by atoms with Crippen molar-refractivity contribution in [3.63, 3.8) is 0 Å². The minimum absolute atomic E-state index is 0.148. The summed E-state index contributed by atoms with van der Waals surface area (Å²) < 4.78 is 1.42. The fourth-order valence-corrected chi connectivity index (χ4v) is 3.15. The minimum atomic E-state index is -0.268. The number of nitrogens with one attached hydrogen (secondary N) is 1. The number of hydrogen-bond donors (Lipinski definition) is 2. The maximum Gasteiger partial charge on any atom is 0.274 e. The summed E-state index contributed by atoms with van der Waals surface area (Å²) in [7, 11) is 0. The van der Waals surface area contributed by atoms with Crippen LogP contribution in [0.5, 0.6) is 0 Å². The van der Waals surface area contributed by atoms with E-state index in [9.17, 15) is 9.59 Å². The molecule has 3 N–H and O–H groups in total. The third kappa shape index (κ3) is 4.57. The molecule has 3 rings (SSSR count). The molecule has 0 fully saturated rings. The quantitative estimate of drug-likeness (QED) is 0.465. The van der Waals surface area contributed by atoms with Crippen molar-refractivity contribution >= 4 is 22.4 Å². The molecular weight excluding hydrogens is 352 g/mol. The number of aromatic nitrogens is 2. The van der Waals surface area contributed by atoms with Crippen LogP contribution in [0.25, 0.3) is 10.8 Å². The van der Waals surface area contributed by atoms with E-state index in [1.807, 2.05) is 36.4 Å². The van der Waals surface area contributed by atoms with E-state index in [1.165, 1.54) is 4.68 Å². The van der Waals surface area contributed by atoms with Crippen LogP contribution in [0.15, 0.2) is 53.3 Å². The van der Waals surface area contributed by atoms with Crippen molar-refractivity contribution in [1.82, 2.24) is 15.1 Å². The highest BCUT2D eigenvalue weighted by Crippen LogP contribution is 2.14. The molecule has 0 saturated heterocycles. The maximum absolute atomic E-state index is 12.8. The van der Waals surface area contributed by atoms with Crippen LogP contribution < -0.4 is 16.6 Å². The molecular formula is C22H26N4O2. The zero-order chi connectivity index (χ0) is 19.9. The molecule has 3 aromatic rings. The Balaban J connectivity index is 1.79. The normalized spacial score (nSPS) is 10.9. The lowest BCUT2D eigenvalue weighted by molar-refractivity contribution is 0.0948. The lowest BCUT2D eigenvalue weighted by atomic mass is 10.1. The Kier molecular flexibility index (Phi) is 6.42. The van der Waals surface area contributed by atoms with Crippen LogP contribution in [0.3, 0.4) is 0 Å². The van der Waals surface area contributed by atoms with Crippen LogP contribution in [0.2, 0.25) is 0 Å². The first-order valence-electron chi connectivity index (χ1n) is 9.72. The van der Waals surface area contributed by atoms with Crippen molar-refractivity contribution in [2.45, 2.75) is 39.2 Å². The van der Waals surface area contributed by atoms with Crippen LogP contribution in [-0.4, -0.2) is 22.2 Å². The van der Waals surface area contributed by atoms with E-state index < -0.39 is 0 Å². The van der Waals surface area contributed by atoms with E-state index in [1.54, 1.807) is 12.1 Å². The average Bonchev–Trinajstić information content (AvgIpc) is 2.71. The van der Waals surface area contributed by atoms with Gasteiger partial charge in [-0.25, -0.2) is 4.68 Å². The van der Waals surface area contributed by atoms with Gasteiger partial charge in [0, 0.05) is 24.2 Å². The van der Waals surface area contributed by atoms with Crippen molar-refractivity contribution in [3.8, 4) is 0 Å². The number of carbonyl (C=O) groups is 1. The number of amides is 1. The number of hydrogen-bond acceptors (Lipinski definition) is 4. The van der Waals surface area contributed by atoms with Gasteiger partial charge in [-0.1, -0.05) is 50.1 Å². The molecule has 0 radical (unpaired) electrons. The van der Waals surface area contributed by atoms with Gasteiger partial charge in [-0.2, -0.15) is 5.10 Å². The number of unbranched alkanes of at least 4 members (excludes halogenated alkanes) is 2.